The van der Waals surface area contributed by atoms with Crippen molar-refractivity contribution in [1.29, 1.82) is 0 Å². The third kappa shape index (κ3) is 3.37. The zero-order chi connectivity index (χ0) is 27.8. The molecule has 9 saturated carbocycles. The highest BCUT2D eigenvalue weighted by molar-refractivity contribution is 5.28. The van der Waals surface area contributed by atoms with Gasteiger partial charge in [0, 0.05) is 0 Å². The second-order valence-electron chi connectivity index (χ2n) is 19.4. The molecule has 9 aliphatic rings. The molecule has 9 rings (SSSR count). The summed E-state index contributed by atoms with van der Waals surface area (Å²) in [6.45, 7) is 13.2. The van der Waals surface area contributed by atoms with E-state index in [1.165, 1.54) is 12.8 Å². The summed E-state index contributed by atoms with van der Waals surface area (Å²) in [7, 11) is 0. The SMILES string of the molecule is CCCC1(C)CCC2C3CC(CC)CC4CC5CCC6C7CCCCC7C7C8CC(C(C)C)CCC8C(C43)(C5C67)C21. The normalized spacial score (nSPS) is 61.6. The summed E-state index contributed by atoms with van der Waals surface area (Å²) in [6.07, 6.45) is 27.3. The Morgan fingerprint density at radius 1 is 0.659 bits per heavy atom. The van der Waals surface area contributed by atoms with E-state index < -0.39 is 0 Å². The van der Waals surface area contributed by atoms with Gasteiger partial charge in [-0.15, -0.1) is 0 Å². The molecule has 0 aromatic rings. The minimum Gasteiger partial charge on any atom is -0.0654 e. The average Bonchev–Trinajstić information content (AvgIpc) is 3.60. The van der Waals surface area contributed by atoms with Crippen LogP contribution in [0, 0.1) is 111 Å². The van der Waals surface area contributed by atoms with E-state index in [-0.39, 0.29) is 0 Å². The lowest BCUT2D eigenvalue weighted by molar-refractivity contribution is -0.249. The van der Waals surface area contributed by atoms with Crippen LogP contribution in [0.5, 0.6) is 0 Å². The molecule has 0 heteroatoms. The minimum atomic E-state index is 0.648. The van der Waals surface area contributed by atoms with Gasteiger partial charge in [-0.05, 0) is 195 Å². The molecular formula is C41H66. The summed E-state index contributed by atoms with van der Waals surface area (Å²) in [5.41, 5.74) is 1.40. The zero-order valence-electron chi connectivity index (χ0n) is 27.8. The second-order valence-corrected chi connectivity index (χ2v) is 19.4. The molecule has 9 fully saturated rings. The van der Waals surface area contributed by atoms with Gasteiger partial charge >= 0.3 is 0 Å². The lowest BCUT2D eigenvalue weighted by Crippen LogP contribution is -2.67. The van der Waals surface area contributed by atoms with Crippen LogP contribution in [0.15, 0.2) is 0 Å². The van der Waals surface area contributed by atoms with E-state index in [1.807, 2.05) is 0 Å². The molecule has 18 unspecified atom stereocenters. The highest BCUT2D eigenvalue weighted by Gasteiger charge is 2.80. The maximum absolute atomic E-state index is 2.90. The van der Waals surface area contributed by atoms with Crippen molar-refractivity contribution in [2.45, 2.75) is 144 Å². The number of hydrogen-bond acceptors (Lipinski definition) is 0. The van der Waals surface area contributed by atoms with E-state index >= 15 is 0 Å². The van der Waals surface area contributed by atoms with Crippen LogP contribution in [0.3, 0.4) is 0 Å². The maximum Gasteiger partial charge on any atom is -0.0163 e. The monoisotopic (exact) mass is 559 g/mol. The Morgan fingerprint density at radius 2 is 1.46 bits per heavy atom. The van der Waals surface area contributed by atoms with E-state index in [0.717, 1.165) is 106 Å². The quantitative estimate of drug-likeness (QED) is 0.322. The molecule has 0 aromatic carbocycles. The Bertz CT molecular complexity index is 1010. The van der Waals surface area contributed by atoms with Crippen molar-refractivity contribution in [2.24, 2.45) is 111 Å². The summed E-state index contributed by atoms with van der Waals surface area (Å²) in [4.78, 5) is 0. The molecule has 0 aromatic heterocycles. The van der Waals surface area contributed by atoms with Gasteiger partial charge in [-0.3, -0.25) is 0 Å². The van der Waals surface area contributed by atoms with Crippen LogP contribution < -0.4 is 0 Å². The molecule has 0 amide bonds. The summed E-state index contributed by atoms with van der Waals surface area (Å²) >= 11 is 0. The van der Waals surface area contributed by atoms with Gasteiger partial charge < -0.3 is 0 Å². The molecule has 0 N–H and O–H groups in total. The summed E-state index contributed by atoms with van der Waals surface area (Å²) in [5, 5.41) is 0. The van der Waals surface area contributed by atoms with Crippen LogP contribution in [0.25, 0.3) is 0 Å². The van der Waals surface area contributed by atoms with Crippen molar-refractivity contribution in [1.82, 2.24) is 0 Å². The highest BCUT2D eigenvalue weighted by atomic mass is 14.8. The van der Waals surface area contributed by atoms with Gasteiger partial charge in [-0.2, -0.15) is 0 Å². The van der Waals surface area contributed by atoms with Gasteiger partial charge in [-0.25, -0.2) is 0 Å². The smallest absolute Gasteiger partial charge is 0.0163 e. The number of fused-ring (bicyclic) bond motifs is 7. The standard InChI is InChI=1S/C41H66/c1-6-17-40(5)18-16-31-32-20-24(7-2)19-27-21-26-12-14-30-28-10-8-9-11-29(28)35-33-22-25(23(3)4)13-15-34(33)41(37(27)32,39(31)40)38(26)36(30)35/h23-39H,6-22H2,1-5H3. The number of rotatable bonds is 4. The molecule has 18 atom stereocenters. The van der Waals surface area contributed by atoms with Gasteiger partial charge in [0.2, 0.25) is 0 Å². The molecular weight excluding hydrogens is 492 g/mol. The van der Waals surface area contributed by atoms with Gasteiger partial charge in [0.25, 0.3) is 0 Å². The first-order valence-electron chi connectivity index (χ1n) is 19.9. The average molecular weight is 559 g/mol. The van der Waals surface area contributed by atoms with Gasteiger partial charge in [-0.1, -0.05) is 60.3 Å². The first-order chi connectivity index (χ1) is 19.9. The lowest BCUT2D eigenvalue weighted by Gasteiger charge is -2.72. The van der Waals surface area contributed by atoms with E-state index in [9.17, 15) is 0 Å². The predicted molar refractivity (Wildman–Crippen MR) is 171 cm³/mol. The Kier molecular flexibility index (Phi) is 6.33. The third-order valence-corrected chi connectivity index (χ3v) is 18.4. The molecule has 9 aliphatic carbocycles. The Morgan fingerprint density at radius 3 is 2.24 bits per heavy atom. The van der Waals surface area contributed by atoms with Crippen LogP contribution in [-0.2, 0) is 0 Å². The first-order valence-corrected chi connectivity index (χ1v) is 19.9. The van der Waals surface area contributed by atoms with Gasteiger partial charge in [0.15, 0.2) is 0 Å². The number of hydrogen-bond donors (Lipinski definition) is 0. The van der Waals surface area contributed by atoms with Crippen molar-refractivity contribution in [2.75, 3.05) is 0 Å². The molecule has 0 bridgehead atoms. The molecule has 0 nitrogen and oxygen atoms in total. The summed E-state index contributed by atoms with van der Waals surface area (Å²) in [5.74, 6) is 18.8. The van der Waals surface area contributed by atoms with Gasteiger partial charge in [0.05, 0.1) is 0 Å². The Labute approximate surface area is 254 Å². The minimum absolute atomic E-state index is 0.648. The van der Waals surface area contributed by atoms with E-state index in [1.54, 1.807) is 96.3 Å². The van der Waals surface area contributed by atoms with Crippen molar-refractivity contribution in [3.8, 4) is 0 Å². The lowest BCUT2D eigenvalue weighted by atomic mass is 9.32. The summed E-state index contributed by atoms with van der Waals surface area (Å²) < 4.78 is 0. The van der Waals surface area contributed by atoms with Crippen LogP contribution in [0.4, 0.5) is 0 Å². The van der Waals surface area contributed by atoms with Crippen LogP contribution in [0.1, 0.15) is 144 Å². The summed E-state index contributed by atoms with van der Waals surface area (Å²) in [6, 6.07) is 0. The topological polar surface area (TPSA) is 0 Å². The fourth-order valence-electron chi connectivity index (χ4n) is 18.1. The van der Waals surface area contributed by atoms with Crippen LogP contribution in [-0.4, -0.2) is 0 Å². The largest absolute Gasteiger partial charge is 0.0654 e. The van der Waals surface area contributed by atoms with Crippen molar-refractivity contribution in [3.63, 3.8) is 0 Å². The molecule has 41 heavy (non-hydrogen) atoms. The Hall–Kier alpha value is 0. The third-order valence-electron chi connectivity index (χ3n) is 18.4. The predicted octanol–water partition coefficient (Wildman–Crippen LogP) is 11.3. The second kappa shape index (κ2) is 9.51. The Balaban J connectivity index is 1.26. The van der Waals surface area contributed by atoms with Crippen molar-refractivity contribution in [3.05, 3.63) is 0 Å². The van der Waals surface area contributed by atoms with Crippen LogP contribution >= 0.6 is 0 Å². The molecule has 1 spiro atoms. The molecule has 230 valence electrons. The van der Waals surface area contributed by atoms with E-state index in [2.05, 4.69) is 34.6 Å². The van der Waals surface area contributed by atoms with E-state index in [0.29, 0.717) is 5.41 Å². The highest BCUT2D eigenvalue weighted by Crippen LogP contribution is 2.85. The van der Waals surface area contributed by atoms with Crippen molar-refractivity contribution >= 4 is 0 Å². The molecule has 0 heterocycles. The van der Waals surface area contributed by atoms with Gasteiger partial charge in [0.1, 0.15) is 0 Å². The van der Waals surface area contributed by atoms with E-state index in [4.69, 9.17) is 0 Å². The fraction of sp³-hybridized carbons (Fsp3) is 1.00. The first kappa shape index (κ1) is 27.3. The molecule has 0 radical (unpaired) electrons. The maximum atomic E-state index is 2.90. The van der Waals surface area contributed by atoms with Crippen molar-refractivity contribution < 1.29 is 0 Å². The molecule has 0 aliphatic heterocycles. The van der Waals surface area contributed by atoms with Crippen LogP contribution in [0.2, 0.25) is 0 Å². The fourth-order valence-corrected chi connectivity index (χ4v) is 18.1. The molecule has 0 saturated heterocycles. The zero-order valence-corrected chi connectivity index (χ0v) is 27.8.